The van der Waals surface area contributed by atoms with E-state index in [4.69, 9.17) is 18.9 Å². The smallest absolute Gasteiger partial charge is 0.254 e. The zero-order chi connectivity index (χ0) is 25.1. The van der Waals surface area contributed by atoms with Crippen molar-refractivity contribution in [3.05, 3.63) is 71.5 Å². The van der Waals surface area contributed by atoms with E-state index in [0.29, 0.717) is 39.8 Å². The molecule has 1 aliphatic rings. The number of fused-ring (bicyclic) bond motifs is 1. The van der Waals surface area contributed by atoms with Gasteiger partial charge in [-0.25, -0.2) is 0 Å². The number of carbonyl (C=O) groups is 2. The van der Waals surface area contributed by atoms with Crippen LogP contribution in [-0.2, 0) is 4.79 Å². The Balaban J connectivity index is 1.88. The average Bonchev–Trinajstić information content (AvgIpc) is 2.90. The van der Waals surface area contributed by atoms with Crippen molar-refractivity contribution in [1.82, 2.24) is 9.88 Å². The monoisotopic (exact) mass is 477 g/mol. The third-order valence-corrected chi connectivity index (χ3v) is 6.15. The fourth-order valence-corrected chi connectivity index (χ4v) is 4.42. The van der Waals surface area contributed by atoms with E-state index in [1.165, 1.54) is 21.3 Å². The highest BCUT2D eigenvalue weighted by Crippen LogP contribution is 2.46. The standard InChI is InChI=1S/C26H27N3O6/c1-29-24(15-7-6-10-27-14-15)23(17-12-21(34-4)22(35-5)13-18(17)26(29)31)25(30)28-19-11-16(32-2)8-9-20(19)33-3/h6-14,23-24H,1-5H3,(H,28,30)/t23-,24+/m0/s1. The van der Waals surface area contributed by atoms with E-state index in [0.717, 1.165) is 5.56 Å². The van der Waals surface area contributed by atoms with Crippen molar-refractivity contribution in [1.29, 1.82) is 0 Å². The van der Waals surface area contributed by atoms with E-state index in [2.05, 4.69) is 10.3 Å². The van der Waals surface area contributed by atoms with Crippen LogP contribution in [0.2, 0.25) is 0 Å². The van der Waals surface area contributed by atoms with Gasteiger partial charge in [0.2, 0.25) is 5.91 Å². The van der Waals surface area contributed by atoms with Gasteiger partial charge in [0.25, 0.3) is 5.91 Å². The Labute approximate surface area is 203 Å². The van der Waals surface area contributed by atoms with E-state index < -0.39 is 12.0 Å². The Morgan fingerprint density at radius 3 is 2.29 bits per heavy atom. The predicted octanol–water partition coefficient (Wildman–Crippen LogP) is 3.67. The van der Waals surface area contributed by atoms with Gasteiger partial charge < -0.3 is 29.2 Å². The van der Waals surface area contributed by atoms with E-state index in [9.17, 15) is 9.59 Å². The van der Waals surface area contributed by atoms with Gasteiger partial charge in [-0.1, -0.05) is 6.07 Å². The van der Waals surface area contributed by atoms with Crippen molar-refractivity contribution in [3.63, 3.8) is 0 Å². The molecule has 3 aromatic rings. The molecular weight excluding hydrogens is 450 g/mol. The Hall–Kier alpha value is -4.27. The zero-order valence-electron chi connectivity index (χ0n) is 20.2. The van der Waals surface area contributed by atoms with Crippen molar-refractivity contribution < 1.29 is 28.5 Å². The number of nitrogens with zero attached hydrogens (tertiary/aromatic N) is 2. The van der Waals surface area contributed by atoms with Crippen molar-refractivity contribution >= 4 is 17.5 Å². The minimum atomic E-state index is -0.785. The van der Waals surface area contributed by atoms with Crippen molar-refractivity contribution in [3.8, 4) is 23.0 Å². The second kappa shape index (κ2) is 9.92. The number of likely N-dealkylation sites (N-methyl/N-ethyl adjacent to an activating group) is 1. The molecule has 182 valence electrons. The third-order valence-electron chi connectivity index (χ3n) is 6.15. The summed E-state index contributed by atoms with van der Waals surface area (Å²) in [5, 5.41) is 2.97. The molecule has 2 aromatic carbocycles. The average molecular weight is 478 g/mol. The van der Waals surface area contributed by atoms with Crippen LogP contribution in [0.4, 0.5) is 5.69 Å². The first-order chi connectivity index (χ1) is 16.9. The summed E-state index contributed by atoms with van der Waals surface area (Å²) in [6.07, 6.45) is 3.30. The molecule has 9 heteroatoms. The van der Waals surface area contributed by atoms with E-state index in [1.54, 1.807) is 67.8 Å². The molecule has 35 heavy (non-hydrogen) atoms. The Morgan fingerprint density at radius 2 is 1.66 bits per heavy atom. The molecule has 1 aromatic heterocycles. The lowest BCUT2D eigenvalue weighted by molar-refractivity contribution is -0.119. The summed E-state index contributed by atoms with van der Waals surface area (Å²) in [5.74, 6) is 0.507. The predicted molar refractivity (Wildman–Crippen MR) is 130 cm³/mol. The molecule has 4 rings (SSSR count). The number of ether oxygens (including phenoxy) is 4. The van der Waals surface area contributed by atoms with Crippen LogP contribution in [0.15, 0.2) is 54.9 Å². The maximum absolute atomic E-state index is 14.0. The van der Waals surface area contributed by atoms with Gasteiger partial charge in [0.15, 0.2) is 11.5 Å². The number of aromatic nitrogens is 1. The molecule has 0 unspecified atom stereocenters. The number of hydrogen-bond donors (Lipinski definition) is 1. The summed E-state index contributed by atoms with van der Waals surface area (Å²) in [4.78, 5) is 33.1. The number of hydrogen-bond acceptors (Lipinski definition) is 7. The van der Waals surface area contributed by atoms with Crippen molar-refractivity contribution in [2.24, 2.45) is 0 Å². The Kier molecular flexibility index (Phi) is 6.77. The van der Waals surface area contributed by atoms with Gasteiger partial charge in [-0.15, -0.1) is 0 Å². The van der Waals surface area contributed by atoms with Gasteiger partial charge in [0.05, 0.1) is 46.1 Å². The maximum atomic E-state index is 14.0. The number of benzene rings is 2. The molecule has 1 aliphatic heterocycles. The second-order valence-electron chi connectivity index (χ2n) is 7.97. The number of methoxy groups -OCH3 is 4. The topological polar surface area (TPSA) is 99.2 Å². The first-order valence-corrected chi connectivity index (χ1v) is 10.9. The Bertz CT molecular complexity index is 1250. The normalized spacial score (nSPS) is 16.8. The molecule has 0 aliphatic carbocycles. The van der Waals surface area contributed by atoms with Gasteiger partial charge >= 0.3 is 0 Å². The van der Waals surface area contributed by atoms with Gasteiger partial charge in [-0.2, -0.15) is 0 Å². The minimum absolute atomic E-state index is 0.238. The van der Waals surface area contributed by atoms with Crippen molar-refractivity contribution in [2.75, 3.05) is 40.8 Å². The van der Waals surface area contributed by atoms with Gasteiger partial charge in [0.1, 0.15) is 11.5 Å². The third kappa shape index (κ3) is 4.32. The molecule has 2 heterocycles. The van der Waals surface area contributed by atoms with Gasteiger partial charge in [-0.05, 0) is 41.5 Å². The highest BCUT2D eigenvalue weighted by molar-refractivity contribution is 6.05. The van der Waals surface area contributed by atoms with E-state index >= 15 is 0 Å². The number of amides is 2. The van der Waals surface area contributed by atoms with Crippen LogP contribution in [0, 0.1) is 0 Å². The number of pyridine rings is 1. The Morgan fingerprint density at radius 1 is 0.943 bits per heavy atom. The second-order valence-corrected chi connectivity index (χ2v) is 7.97. The first kappa shape index (κ1) is 23.9. The van der Waals surface area contributed by atoms with Crippen LogP contribution in [0.25, 0.3) is 0 Å². The van der Waals surface area contributed by atoms with Crippen LogP contribution in [0.1, 0.15) is 33.4 Å². The lowest BCUT2D eigenvalue weighted by Crippen LogP contribution is -2.44. The molecule has 0 spiro atoms. The molecule has 2 amide bonds. The number of anilines is 1. The van der Waals surface area contributed by atoms with E-state index in [1.807, 2.05) is 6.07 Å². The largest absolute Gasteiger partial charge is 0.497 e. The van der Waals surface area contributed by atoms with E-state index in [-0.39, 0.29) is 11.8 Å². The highest BCUT2D eigenvalue weighted by Gasteiger charge is 2.44. The SMILES string of the molecule is COc1ccc(OC)c(NC(=O)[C@H]2c3cc(OC)c(OC)cc3C(=O)N(C)[C@@H]2c2cccnc2)c1. The quantitative estimate of drug-likeness (QED) is 0.554. The fourth-order valence-electron chi connectivity index (χ4n) is 4.42. The molecule has 0 radical (unpaired) electrons. The summed E-state index contributed by atoms with van der Waals surface area (Å²) >= 11 is 0. The lowest BCUT2D eigenvalue weighted by atomic mass is 9.79. The minimum Gasteiger partial charge on any atom is -0.497 e. The van der Waals surface area contributed by atoms with Crippen LogP contribution in [0.5, 0.6) is 23.0 Å². The summed E-state index contributed by atoms with van der Waals surface area (Å²) in [6, 6.07) is 11.4. The first-order valence-electron chi connectivity index (χ1n) is 10.9. The molecule has 0 saturated heterocycles. The summed E-state index contributed by atoms with van der Waals surface area (Å²) in [6.45, 7) is 0. The van der Waals surface area contributed by atoms with Crippen LogP contribution < -0.4 is 24.3 Å². The molecule has 9 nitrogen and oxygen atoms in total. The molecule has 2 atom stereocenters. The van der Waals surface area contributed by atoms with Gasteiger partial charge in [0, 0.05) is 31.1 Å². The molecule has 1 N–H and O–H groups in total. The maximum Gasteiger partial charge on any atom is 0.254 e. The molecular formula is C26H27N3O6. The lowest BCUT2D eigenvalue weighted by Gasteiger charge is -2.40. The van der Waals surface area contributed by atoms with Crippen LogP contribution in [0.3, 0.4) is 0 Å². The van der Waals surface area contributed by atoms with Crippen LogP contribution >= 0.6 is 0 Å². The fraction of sp³-hybridized carbons (Fsp3) is 0.269. The summed E-state index contributed by atoms with van der Waals surface area (Å²) < 4.78 is 21.7. The van der Waals surface area contributed by atoms with Gasteiger partial charge in [-0.3, -0.25) is 14.6 Å². The van der Waals surface area contributed by atoms with Crippen molar-refractivity contribution in [2.45, 2.75) is 12.0 Å². The number of carbonyl (C=O) groups excluding carboxylic acids is 2. The number of rotatable bonds is 7. The summed E-state index contributed by atoms with van der Waals surface area (Å²) in [7, 11) is 7.75. The molecule has 0 bridgehead atoms. The molecule has 0 saturated carbocycles. The molecule has 0 fully saturated rings. The highest BCUT2D eigenvalue weighted by atomic mass is 16.5. The number of nitrogens with one attached hydrogen (secondary N) is 1. The summed E-state index contributed by atoms with van der Waals surface area (Å²) in [5.41, 5.74) is 2.06. The van der Waals surface area contributed by atoms with Crippen LogP contribution in [-0.4, -0.2) is 57.2 Å². The zero-order valence-corrected chi connectivity index (χ0v) is 20.2.